The van der Waals surface area contributed by atoms with Crippen LogP contribution in [0.15, 0.2) is 24.3 Å². The van der Waals surface area contributed by atoms with Crippen molar-refractivity contribution in [2.45, 2.75) is 13.3 Å². The minimum Gasteiger partial charge on any atom is -0.497 e. The molecule has 2 aromatic rings. The van der Waals surface area contributed by atoms with Crippen LogP contribution >= 0.6 is 0 Å². The first-order valence-electron chi connectivity index (χ1n) is 4.79. The van der Waals surface area contributed by atoms with Crippen LogP contribution in [-0.4, -0.2) is 22.3 Å². The van der Waals surface area contributed by atoms with Gasteiger partial charge in [0.05, 0.1) is 7.11 Å². The number of hydrogen-bond acceptors (Lipinski definition) is 3. The van der Waals surface area contributed by atoms with E-state index in [0.717, 1.165) is 23.8 Å². The van der Waals surface area contributed by atoms with Crippen molar-refractivity contribution in [3.8, 4) is 5.75 Å². The third-order valence-corrected chi connectivity index (χ3v) is 2.16. The number of nitrogens with zero attached hydrogens (tertiary/aromatic N) is 2. The van der Waals surface area contributed by atoms with E-state index >= 15 is 0 Å². The van der Waals surface area contributed by atoms with Crippen molar-refractivity contribution in [2.24, 2.45) is 0 Å². The number of methoxy groups -OCH3 is 1. The Morgan fingerprint density at radius 2 is 2.00 bits per heavy atom. The first kappa shape index (κ1) is 9.71. The molecule has 0 radical (unpaired) electrons. The van der Waals surface area contributed by atoms with Gasteiger partial charge in [-0.05, 0) is 24.6 Å². The van der Waals surface area contributed by atoms with E-state index in [1.165, 1.54) is 5.56 Å². The molecule has 0 saturated carbocycles. The Bertz CT molecular complexity index is 433. The summed E-state index contributed by atoms with van der Waals surface area (Å²) in [5.74, 6) is 2.53. The molecular weight excluding hydrogens is 190 g/mol. The maximum Gasteiger partial charge on any atom is 0.155 e. The molecular formula is C11H13N3O. The van der Waals surface area contributed by atoms with E-state index in [4.69, 9.17) is 4.74 Å². The Labute approximate surface area is 88.3 Å². The van der Waals surface area contributed by atoms with Crippen molar-refractivity contribution in [2.75, 3.05) is 7.11 Å². The van der Waals surface area contributed by atoms with Crippen molar-refractivity contribution >= 4 is 0 Å². The van der Waals surface area contributed by atoms with E-state index in [-0.39, 0.29) is 0 Å². The molecule has 15 heavy (non-hydrogen) atoms. The van der Waals surface area contributed by atoms with Crippen molar-refractivity contribution in [1.82, 2.24) is 15.2 Å². The van der Waals surface area contributed by atoms with E-state index < -0.39 is 0 Å². The van der Waals surface area contributed by atoms with Gasteiger partial charge in [-0.3, -0.25) is 5.10 Å². The lowest BCUT2D eigenvalue weighted by Gasteiger charge is -2.00. The van der Waals surface area contributed by atoms with Crippen LogP contribution in [0.4, 0.5) is 0 Å². The summed E-state index contributed by atoms with van der Waals surface area (Å²) in [5.41, 5.74) is 1.18. The van der Waals surface area contributed by atoms with Gasteiger partial charge in [0.1, 0.15) is 11.6 Å². The van der Waals surface area contributed by atoms with E-state index in [9.17, 15) is 0 Å². The molecule has 0 unspecified atom stereocenters. The van der Waals surface area contributed by atoms with Gasteiger partial charge in [-0.1, -0.05) is 12.1 Å². The summed E-state index contributed by atoms with van der Waals surface area (Å²) in [6.07, 6.45) is 0.744. The number of ether oxygens (including phenoxy) is 1. The Balaban J connectivity index is 2.11. The lowest BCUT2D eigenvalue weighted by Crippen LogP contribution is -1.91. The topological polar surface area (TPSA) is 50.8 Å². The van der Waals surface area contributed by atoms with Gasteiger partial charge in [0.2, 0.25) is 0 Å². The fourth-order valence-corrected chi connectivity index (χ4v) is 1.39. The van der Waals surface area contributed by atoms with Gasteiger partial charge in [0.25, 0.3) is 0 Å². The van der Waals surface area contributed by atoms with Crippen molar-refractivity contribution in [1.29, 1.82) is 0 Å². The van der Waals surface area contributed by atoms with Gasteiger partial charge in [-0.2, -0.15) is 5.10 Å². The molecule has 0 fully saturated rings. The number of nitrogens with one attached hydrogen (secondary N) is 1. The molecule has 4 heteroatoms. The predicted octanol–water partition coefficient (Wildman–Crippen LogP) is 1.71. The van der Waals surface area contributed by atoms with Crippen LogP contribution in [0.1, 0.15) is 17.2 Å². The van der Waals surface area contributed by atoms with Crippen LogP contribution in [0.5, 0.6) is 5.75 Å². The highest BCUT2D eigenvalue weighted by Crippen LogP contribution is 2.13. The number of aromatic amines is 1. The average Bonchev–Trinajstić information content (AvgIpc) is 2.65. The van der Waals surface area contributed by atoms with Gasteiger partial charge in [0, 0.05) is 6.42 Å². The van der Waals surface area contributed by atoms with Crippen LogP contribution < -0.4 is 4.74 Å². The van der Waals surface area contributed by atoms with Crippen LogP contribution in [-0.2, 0) is 6.42 Å². The minimum atomic E-state index is 0.744. The Morgan fingerprint density at radius 3 is 2.53 bits per heavy atom. The second-order valence-corrected chi connectivity index (χ2v) is 3.36. The lowest BCUT2D eigenvalue weighted by molar-refractivity contribution is 0.414. The predicted molar refractivity (Wildman–Crippen MR) is 56.9 cm³/mol. The molecule has 0 aliphatic rings. The van der Waals surface area contributed by atoms with E-state index in [0.29, 0.717) is 0 Å². The van der Waals surface area contributed by atoms with E-state index in [1.54, 1.807) is 7.11 Å². The number of benzene rings is 1. The smallest absolute Gasteiger partial charge is 0.155 e. The fraction of sp³-hybridized carbons (Fsp3) is 0.273. The maximum atomic E-state index is 5.09. The fourth-order valence-electron chi connectivity index (χ4n) is 1.39. The molecule has 1 N–H and O–H groups in total. The second-order valence-electron chi connectivity index (χ2n) is 3.36. The number of hydrogen-bond donors (Lipinski definition) is 1. The van der Waals surface area contributed by atoms with Crippen LogP contribution in [0.25, 0.3) is 0 Å². The zero-order chi connectivity index (χ0) is 10.7. The second kappa shape index (κ2) is 4.13. The first-order valence-corrected chi connectivity index (χ1v) is 4.79. The molecule has 0 amide bonds. The number of aryl methyl sites for hydroxylation is 1. The zero-order valence-electron chi connectivity index (χ0n) is 8.82. The standard InChI is InChI=1S/C11H13N3O/c1-8-12-11(14-13-8)7-9-3-5-10(15-2)6-4-9/h3-6H,7H2,1-2H3,(H,12,13,14). The number of aromatic nitrogens is 3. The zero-order valence-corrected chi connectivity index (χ0v) is 8.82. The largest absolute Gasteiger partial charge is 0.497 e. The molecule has 1 aromatic heterocycles. The molecule has 0 bridgehead atoms. The van der Waals surface area contributed by atoms with Crippen LogP contribution in [0, 0.1) is 6.92 Å². The van der Waals surface area contributed by atoms with Crippen LogP contribution in [0.2, 0.25) is 0 Å². The van der Waals surface area contributed by atoms with Gasteiger partial charge >= 0.3 is 0 Å². The summed E-state index contributed by atoms with van der Waals surface area (Å²) < 4.78 is 5.09. The highest BCUT2D eigenvalue weighted by atomic mass is 16.5. The van der Waals surface area contributed by atoms with Gasteiger partial charge in [0.15, 0.2) is 5.82 Å². The van der Waals surface area contributed by atoms with Crippen molar-refractivity contribution < 1.29 is 4.74 Å². The summed E-state index contributed by atoms with van der Waals surface area (Å²) in [6.45, 7) is 1.89. The molecule has 0 aliphatic heterocycles. The molecule has 2 rings (SSSR count). The summed E-state index contributed by atoms with van der Waals surface area (Å²) in [4.78, 5) is 4.25. The molecule has 0 saturated heterocycles. The highest BCUT2D eigenvalue weighted by Gasteiger charge is 2.01. The highest BCUT2D eigenvalue weighted by molar-refractivity contribution is 5.28. The normalized spacial score (nSPS) is 10.3. The monoisotopic (exact) mass is 203 g/mol. The molecule has 4 nitrogen and oxygen atoms in total. The first-order chi connectivity index (χ1) is 7.28. The van der Waals surface area contributed by atoms with Gasteiger partial charge < -0.3 is 4.74 Å². The molecule has 0 atom stereocenters. The number of H-pyrrole nitrogens is 1. The SMILES string of the molecule is COc1ccc(Cc2n[nH]c(C)n2)cc1. The summed E-state index contributed by atoms with van der Waals surface area (Å²) >= 11 is 0. The van der Waals surface area contributed by atoms with Gasteiger partial charge in [-0.25, -0.2) is 4.98 Å². The molecule has 78 valence electrons. The maximum absolute atomic E-state index is 5.09. The van der Waals surface area contributed by atoms with E-state index in [2.05, 4.69) is 15.2 Å². The average molecular weight is 203 g/mol. The summed E-state index contributed by atoms with van der Waals surface area (Å²) in [5, 5.41) is 6.91. The third kappa shape index (κ3) is 2.34. The quantitative estimate of drug-likeness (QED) is 0.826. The van der Waals surface area contributed by atoms with Gasteiger partial charge in [-0.15, -0.1) is 0 Å². The van der Waals surface area contributed by atoms with Crippen molar-refractivity contribution in [3.05, 3.63) is 41.5 Å². The molecule has 1 heterocycles. The Hall–Kier alpha value is -1.84. The summed E-state index contributed by atoms with van der Waals surface area (Å²) in [7, 11) is 1.66. The Kier molecular flexibility index (Phi) is 2.67. The minimum absolute atomic E-state index is 0.744. The lowest BCUT2D eigenvalue weighted by atomic mass is 10.1. The van der Waals surface area contributed by atoms with Crippen molar-refractivity contribution in [3.63, 3.8) is 0 Å². The molecule has 0 aliphatic carbocycles. The molecule has 0 spiro atoms. The third-order valence-electron chi connectivity index (χ3n) is 2.16. The van der Waals surface area contributed by atoms with E-state index in [1.807, 2.05) is 31.2 Å². The number of rotatable bonds is 3. The Morgan fingerprint density at radius 1 is 1.27 bits per heavy atom. The summed E-state index contributed by atoms with van der Waals surface area (Å²) in [6, 6.07) is 7.92. The van der Waals surface area contributed by atoms with Crippen LogP contribution in [0.3, 0.4) is 0 Å². The molecule has 1 aromatic carbocycles.